The Labute approximate surface area is 382 Å². The van der Waals surface area contributed by atoms with Crippen molar-refractivity contribution in [3.63, 3.8) is 0 Å². The van der Waals surface area contributed by atoms with Crippen LogP contribution in [0, 0.1) is 29.6 Å². The molecular weight excluding hydrogens is 837 g/mol. The van der Waals surface area contributed by atoms with E-state index >= 15 is 0 Å². The molecule has 5 fully saturated rings. The van der Waals surface area contributed by atoms with Crippen LogP contribution in [0.15, 0.2) is 59.8 Å². The molecule has 2 aromatic carbocycles. The predicted octanol–water partition coefficient (Wildman–Crippen LogP) is 5.70. The molecule has 2 aromatic rings. The molecule has 16 heteroatoms. The van der Waals surface area contributed by atoms with Gasteiger partial charge in [-0.2, -0.15) is 0 Å². The fourth-order valence-electron chi connectivity index (χ4n) is 11.0. The molecule has 5 saturated heterocycles. The van der Waals surface area contributed by atoms with Crippen molar-refractivity contribution in [3.05, 3.63) is 54.6 Å². The van der Waals surface area contributed by atoms with Crippen LogP contribution in [-0.4, -0.2) is 145 Å². The van der Waals surface area contributed by atoms with Gasteiger partial charge in [0.05, 0.1) is 61.3 Å². The fraction of sp³-hybridized carbons (Fsp3) is 0.653. The molecule has 3 unspecified atom stereocenters. The maximum absolute atomic E-state index is 14.9. The zero-order valence-electron chi connectivity index (χ0n) is 39.4. The molecule has 15 atom stereocenters. The van der Waals surface area contributed by atoms with E-state index in [-0.39, 0.29) is 50.5 Å². The van der Waals surface area contributed by atoms with E-state index in [0.29, 0.717) is 17.8 Å². The number of aliphatic hydroxyl groups is 1. The smallest absolute Gasteiger partial charge is 0.411 e. The van der Waals surface area contributed by atoms with Crippen LogP contribution < -0.4 is 5.32 Å². The van der Waals surface area contributed by atoms with Gasteiger partial charge in [-0.15, -0.1) is 0 Å². The molecule has 0 spiro atoms. The number of carbonyl (C=O) groups excluding carboxylic acids is 4. The highest BCUT2D eigenvalue weighted by atomic mass is 16.7. The van der Waals surface area contributed by atoms with Crippen molar-refractivity contribution in [2.45, 2.75) is 135 Å². The molecule has 0 saturated carbocycles. The normalized spacial score (nSPS) is 38.6. The number of fused-ring (bicyclic) bond motifs is 5. The molecule has 0 radical (unpaired) electrons. The standard InChI is InChI=1S/C49H68N4O12/c1-11-38-49(8)43-29(4)40(55)27(2)22-48(7)44(64-46-41(56)37(52(9)10)20-28(3)62-46)30(5)42(31(6)45(57)63-38)59-24-34(25-60-48)36(23-53(43)47(58)65-49)51-61-26-39(54)50-35-19-15-18-33(21-35)32-16-13-12-14-17-32/h12-19,21,27-31,34,37-38,41-44,46,56H,11,20,22-26H2,1-10H3,(H,50,54)/b51-36-/t27-,28-,29+,30+,31-,34?,37+,38-,41-,42+,43+,44-,46+,48?,49?/m1/s1. The Hall–Kier alpha value is -4.45. The number of carbonyl (C=O) groups is 4. The van der Waals surface area contributed by atoms with Crippen LogP contribution >= 0.6 is 0 Å². The first kappa shape index (κ1) is 48.5. The molecule has 65 heavy (non-hydrogen) atoms. The summed E-state index contributed by atoms with van der Waals surface area (Å²) in [4.78, 5) is 66.3. The first-order valence-corrected chi connectivity index (χ1v) is 23.1. The van der Waals surface area contributed by atoms with Crippen molar-refractivity contribution in [2.75, 3.05) is 45.8 Å². The summed E-state index contributed by atoms with van der Waals surface area (Å²) >= 11 is 0. The first-order valence-electron chi connectivity index (χ1n) is 23.1. The van der Waals surface area contributed by atoms with Crippen molar-refractivity contribution >= 4 is 35.2 Å². The summed E-state index contributed by atoms with van der Waals surface area (Å²) in [5.41, 5.74) is 0.101. The minimum absolute atomic E-state index is 0.0373. The van der Waals surface area contributed by atoms with Crippen molar-refractivity contribution in [1.82, 2.24) is 9.80 Å². The summed E-state index contributed by atoms with van der Waals surface area (Å²) < 4.78 is 39.8. The monoisotopic (exact) mass is 904 g/mol. The second-order valence-electron chi connectivity index (χ2n) is 19.5. The van der Waals surface area contributed by atoms with Crippen LogP contribution in [0.25, 0.3) is 11.1 Å². The van der Waals surface area contributed by atoms with E-state index in [1.54, 1.807) is 26.8 Å². The lowest BCUT2D eigenvalue weighted by atomic mass is 9.73. The van der Waals surface area contributed by atoms with E-state index in [2.05, 4.69) is 10.5 Å². The van der Waals surface area contributed by atoms with Crippen molar-refractivity contribution in [2.24, 2.45) is 34.7 Å². The Morgan fingerprint density at radius 2 is 1.71 bits per heavy atom. The van der Waals surface area contributed by atoms with Gasteiger partial charge in [-0.3, -0.25) is 19.3 Å². The summed E-state index contributed by atoms with van der Waals surface area (Å²) in [6.45, 7) is 14.0. The molecule has 7 rings (SSSR count). The molecule has 356 valence electrons. The van der Waals surface area contributed by atoms with Gasteiger partial charge in [-0.25, -0.2) is 4.79 Å². The summed E-state index contributed by atoms with van der Waals surface area (Å²) in [5, 5.41) is 19.2. The Balaban J connectivity index is 1.30. The van der Waals surface area contributed by atoms with Crippen molar-refractivity contribution in [1.29, 1.82) is 0 Å². The van der Waals surface area contributed by atoms with Crippen LogP contribution in [0.5, 0.6) is 0 Å². The zero-order chi connectivity index (χ0) is 47.0. The number of hydrogen-bond acceptors (Lipinski definition) is 14. The van der Waals surface area contributed by atoms with Crippen molar-refractivity contribution in [3.8, 4) is 11.1 Å². The molecule has 0 aliphatic carbocycles. The largest absolute Gasteiger partial charge is 0.458 e. The van der Waals surface area contributed by atoms with Gasteiger partial charge in [0, 0.05) is 35.4 Å². The van der Waals surface area contributed by atoms with Gasteiger partial charge in [0.1, 0.15) is 18.0 Å². The molecular formula is C49H68N4O12. The third kappa shape index (κ3) is 9.98. The van der Waals surface area contributed by atoms with Gasteiger partial charge in [-0.1, -0.05) is 75.3 Å². The number of aliphatic hydroxyl groups excluding tert-OH is 1. The highest BCUT2D eigenvalue weighted by molar-refractivity contribution is 5.94. The Bertz CT molecular complexity index is 2070. The lowest BCUT2D eigenvalue weighted by Gasteiger charge is -2.48. The summed E-state index contributed by atoms with van der Waals surface area (Å²) in [6.07, 6.45) is -4.75. The van der Waals surface area contributed by atoms with Crippen LogP contribution in [-0.2, 0) is 47.6 Å². The Kier molecular flexibility index (Phi) is 14.8. The number of Topliss-reactive ketones (excluding diaryl/α,β-unsaturated/α-hetero) is 1. The third-order valence-electron chi connectivity index (χ3n) is 14.4. The highest BCUT2D eigenvalue weighted by Crippen LogP contribution is 2.45. The minimum atomic E-state index is -1.45. The van der Waals surface area contributed by atoms with Crippen LogP contribution in [0.2, 0.25) is 0 Å². The molecule has 5 heterocycles. The number of nitrogens with zero attached hydrogens (tertiary/aromatic N) is 3. The SMILES string of the molecule is CC[C@H]1OC(=O)[C@H](C)[C@H]2OCC3COC(C)(C[C@@H](C)C(=O)[C@H](C)[C@@H]4N(C/C3=N/OCC(=O)Nc3cccc(-c5ccccc5)c3)C(=O)OC41C)[C@H](O[C@@H]1O[C@H](C)C[C@H](N(C)C)[C@H]1O)[C@H]2C. The van der Waals surface area contributed by atoms with Crippen molar-refractivity contribution < 1.29 is 57.5 Å². The van der Waals surface area contributed by atoms with Gasteiger partial charge < -0.3 is 48.6 Å². The Morgan fingerprint density at radius 1 is 0.985 bits per heavy atom. The number of anilines is 1. The number of rotatable bonds is 9. The van der Waals surface area contributed by atoms with Gasteiger partial charge in [0.2, 0.25) is 0 Å². The Morgan fingerprint density at radius 3 is 2.42 bits per heavy atom. The summed E-state index contributed by atoms with van der Waals surface area (Å²) in [7, 11) is 3.80. The maximum Gasteiger partial charge on any atom is 0.411 e. The van der Waals surface area contributed by atoms with Crippen LogP contribution in [0.1, 0.15) is 74.7 Å². The number of oxime groups is 1. The molecule has 16 nitrogen and oxygen atoms in total. The van der Waals surface area contributed by atoms with E-state index in [4.69, 9.17) is 33.3 Å². The van der Waals surface area contributed by atoms with Gasteiger partial charge in [0.15, 0.2) is 18.5 Å². The number of amides is 2. The fourth-order valence-corrected chi connectivity index (χ4v) is 11.0. The lowest BCUT2D eigenvalue weighted by molar-refractivity contribution is -0.302. The maximum atomic E-state index is 14.9. The lowest BCUT2D eigenvalue weighted by Crippen LogP contribution is -2.61. The summed E-state index contributed by atoms with van der Waals surface area (Å²) in [6, 6.07) is 16.1. The number of esters is 1. The van der Waals surface area contributed by atoms with Crippen LogP contribution in [0.4, 0.5) is 10.5 Å². The molecule has 5 aliphatic heterocycles. The average molecular weight is 905 g/mol. The summed E-state index contributed by atoms with van der Waals surface area (Å²) in [5.74, 6) is -4.83. The van der Waals surface area contributed by atoms with Gasteiger partial charge in [0.25, 0.3) is 5.91 Å². The molecule has 5 aliphatic rings. The number of ether oxygens (including phenoxy) is 6. The number of ketones is 1. The number of nitrogens with one attached hydrogen (secondary N) is 1. The van der Waals surface area contributed by atoms with Gasteiger partial charge in [-0.05, 0) is 84.3 Å². The number of benzene rings is 2. The van der Waals surface area contributed by atoms with Crippen LogP contribution in [0.3, 0.4) is 0 Å². The molecule has 2 N–H and O–H groups in total. The number of cyclic esters (lactones) is 1. The van der Waals surface area contributed by atoms with E-state index in [0.717, 1.165) is 11.1 Å². The van der Waals surface area contributed by atoms with Gasteiger partial charge >= 0.3 is 12.1 Å². The van der Waals surface area contributed by atoms with E-state index in [9.17, 15) is 24.3 Å². The van der Waals surface area contributed by atoms with E-state index in [1.165, 1.54) is 4.90 Å². The zero-order valence-corrected chi connectivity index (χ0v) is 39.4. The molecule has 2 amide bonds. The second-order valence-corrected chi connectivity index (χ2v) is 19.5. The van der Waals surface area contributed by atoms with E-state index < -0.39 is 102 Å². The predicted molar refractivity (Wildman–Crippen MR) is 241 cm³/mol. The molecule has 0 aromatic heterocycles. The number of hydrogen-bond donors (Lipinski definition) is 2. The average Bonchev–Trinajstić information content (AvgIpc) is 3.55. The topological polar surface area (TPSA) is 184 Å². The highest BCUT2D eigenvalue weighted by Gasteiger charge is 2.61. The molecule has 6 bridgehead atoms. The third-order valence-corrected chi connectivity index (χ3v) is 14.4. The minimum Gasteiger partial charge on any atom is -0.458 e. The quantitative estimate of drug-likeness (QED) is 0.231. The van der Waals surface area contributed by atoms with E-state index in [1.807, 2.05) is 102 Å². The first-order chi connectivity index (χ1) is 30.8. The number of likely N-dealkylation sites (N-methyl/N-ethyl adjacent to an activating group) is 1. The second kappa shape index (κ2) is 19.8.